The summed E-state index contributed by atoms with van der Waals surface area (Å²) in [6.07, 6.45) is 1.54. The van der Waals surface area contributed by atoms with Crippen LogP contribution in [0.3, 0.4) is 0 Å². The van der Waals surface area contributed by atoms with E-state index in [1.807, 2.05) is 6.07 Å². The lowest BCUT2D eigenvalue weighted by atomic mass is 10.2. The summed E-state index contributed by atoms with van der Waals surface area (Å²) in [4.78, 5) is 23.8. The number of hydrogen-bond acceptors (Lipinski definition) is 6. The SMILES string of the molecule is NC(=O)Oc1cc(N2CCCC2)cc2[nH]c(N3CCNCC3)nc12. The molecule has 1 amide bonds. The van der Waals surface area contributed by atoms with Crippen LogP contribution in [0, 0.1) is 0 Å². The maximum absolute atomic E-state index is 11.3. The minimum Gasteiger partial charge on any atom is -0.408 e. The summed E-state index contributed by atoms with van der Waals surface area (Å²) < 4.78 is 5.23. The van der Waals surface area contributed by atoms with E-state index in [0.29, 0.717) is 11.3 Å². The van der Waals surface area contributed by atoms with E-state index in [0.717, 1.165) is 56.4 Å². The lowest BCUT2D eigenvalue weighted by Crippen LogP contribution is -2.44. The Bertz CT molecular complexity index is 746. The molecule has 8 nitrogen and oxygen atoms in total. The number of amides is 1. The monoisotopic (exact) mass is 330 g/mol. The number of hydrogen-bond donors (Lipinski definition) is 3. The van der Waals surface area contributed by atoms with Crippen molar-refractivity contribution in [1.82, 2.24) is 15.3 Å². The van der Waals surface area contributed by atoms with Crippen molar-refractivity contribution in [1.29, 1.82) is 0 Å². The normalized spacial score (nSPS) is 18.3. The molecule has 8 heteroatoms. The first kappa shape index (κ1) is 15.1. The Hall–Kier alpha value is -2.48. The molecule has 2 aliphatic heterocycles. The van der Waals surface area contributed by atoms with Gasteiger partial charge in [-0.2, -0.15) is 0 Å². The Morgan fingerprint density at radius 1 is 1.12 bits per heavy atom. The molecule has 24 heavy (non-hydrogen) atoms. The van der Waals surface area contributed by atoms with Gasteiger partial charge in [0.15, 0.2) is 5.75 Å². The van der Waals surface area contributed by atoms with Gasteiger partial charge < -0.3 is 30.6 Å². The number of carbonyl (C=O) groups is 1. The molecule has 1 aromatic heterocycles. The van der Waals surface area contributed by atoms with E-state index in [2.05, 4.69) is 31.2 Å². The zero-order valence-corrected chi connectivity index (χ0v) is 13.5. The van der Waals surface area contributed by atoms with E-state index in [1.165, 1.54) is 12.8 Å². The molecule has 0 aliphatic carbocycles. The number of nitrogens with zero attached hydrogens (tertiary/aromatic N) is 3. The second-order valence-electron chi connectivity index (χ2n) is 6.25. The van der Waals surface area contributed by atoms with Gasteiger partial charge in [-0.15, -0.1) is 0 Å². The van der Waals surface area contributed by atoms with Crippen LogP contribution in [0.15, 0.2) is 12.1 Å². The molecule has 0 unspecified atom stereocenters. The van der Waals surface area contributed by atoms with Crippen molar-refractivity contribution in [3.05, 3.63) is 12.1 Å². The van der Waals surface area contributed by atoms with Crippen LogP contribution < -0.4 is 25.6 Å². The van der Waals surface area contributed by atoms with Crippen molar-refractivity contribution in [2.75, 3.05) is 49.1 Å². The number of primary amides is 1. The molecule has 2 aromatic rings. The van der Waals surface area contributed by atoms with Gasteiger partial charge in [0.2, 0.25) is 5.95 Å². The maximum atomic E-state index is 11.3. The maximum Gasteiger partial charge on any atom is 0.410 e. The molecule has 0 bridgehead atoms. The van der Waals surface area contributed by atoms with E-state index in [9.17, 15) is 4.79 Å². The molecule has 128 valence electrons. The first-order valence-electron chi connectivity index (χ1n) is 8.42. The second kappa shape index (κ2) is 6.20. The van der Waals surface area contributed by atoms with Crippen LogP contribution in [0.5, 0.6) is 5.75 Å². The van der Waals surface area contributed by atoms with Crippen LogP contribution >= 0.6 is 0 Å². The summed E-state index contributed by atoms with van der Waals surface area (Å²) in [5.41, 5.74) is 7.78. The van der Waals surface area contributed by atoms with Gasteiger partial charge in [0.25, 0.3) is 0 Å². The molecule has 4 rings (SSSR count). The highest BCUT2D eigenvalue weighted by molar-refractivity contribution is 5.89. The first-order chi connectivity index (χ1) is 11.7. The summed E-state index contributed by atoms with van der Waals surface area (Å²) in [5, 5.41) is 3.33. The van der Waals surface area contributed by atoms with Crippen molar-refractivity contribution < 1.29 is 9.53 Å². The quantitative estimate of drug-likeness (QED) is 0.777. The van der Waals surface area contributed by atoms with Crippen molar-refractivity contribution in [3.63, 3.8) is 0 Å². The fourth-order valence-electron chi connectivity index (χ4n) is 3.43. The third-order valence-electron chi connectivity index (χ3n) is 4.62. The van der Waals surface area contributed by atoms with E-state index in [4.69, 9.17) is 10.5 Å². The highest BCUT2D eigenvalue weighted by Gasteiger charge is 2.20. The number of benzene rings is 1. The van der Waals surface area contributed by atoms with E-state index in [1.54, 1.807) is 0 Å². The number of aromatic nitrogens is 2. The predicted molar refractivity (Wildman–Crippen MR) is 92.8 cm³/mol. The van der Waals surface area contributed by atoms with Crippen LogP contribution in [0.1, 0.15) is 12.8 Å². The molecule has 0 spiro atoms. The molecule has 2 saturated heterocycles. The van der Waals surface area contributed by atoms with Gasteiger partial charge in [0, 0.05) is 51.0 Å². The fourth-order valence-corrected chi connectivity index (χ4v) is 3.43. The van der Waals surface area contributed by atoms with Crippen molar-refractivity contribution in [2.45, 2.75) is 12.8 Å². The molecule has 0 radical (unpaired) electrons. The zero-order chi connectivity index (χ0) is 16.5. The summed E-state index contributed by atoms with van der Waals surface area (Å²) in [7, 11) is 0. The van der Waals surface area contributed by atoms with Crippen LogP contribution in [0.2, 0.25) is 0 Å². The molecule has 2 fully saturated rings. The molecule has 1 aromatic carbocycles. The first-order valence-corrected chi connectivity index (χ1v) is 8.42. The number of aromatic amines is 1. The van der Waals surface area contributed by atoms with Crippen LogP contribution in [0.4, 0.5) is 16.4 Å². The number of nitrogens with one attached hydrogen (secondary N) is 2. The Morgan fingerprint density at radius 2 is 1.88 bits per heavy atom. The number of nitrogens with two attached hydrogens (primary N) is 1. The van der Waals surface area contributed by atoms with Crippen molar-refractivity contribution in [2.24, 2.45) is 5.73 Å². The smallest absolute Gasteiger partial charge is 0.408 e. The van der Waals surface area contributed by atoms with E-state index in [-0.39, 0.29) is 0 Å². The van der Waals surface area contributed by atoms with Gasteiger partial charge in [-0.05, 0) is 18.9 Å². The summed E-state index contributed by atoms with van der Waals surface area (Å²) in [6, 6.07) is 3.94. The van der Waals surface area contributed by atoms with Gasteiger partial charge in [0.05, 0.1) is 5.52 Å². The third-order valence-corrected chi connectivity index (χ3v) is 4.62. The van der Waals surface area contributed by atoms with Gasteiger partial charge >= 0.3 is 6.09 Å². The average Bonchev–Trinajstić information content (AvgIpc) is 3.24. The fraction of sp³-hybridized carbons (Fsp3) is 0.500. The number of ether oxygens (including phenoxy) is 1. The number of rotatable bonds is 3. The lowest BCUT2D eigenvalue weighted by Gasteiger charge is -2.26. The second-order valence-corrected chi connectivity index (χ2v) is 6.25. The molecular formula is C16H22N6O2. The van der Waals surface area contributed by atoms with Crippen molar-refractivity contribution in [3.8, 4) is 5.75 Å². The number of piperazine rings is 1. The van der Waals surface area contributed by atoms with Crippen LogP contribution in [-0.2, 0) is 0 Å². The topological polar surface area (TPSA) is 99.5 Å². The Morgan fingerprint density at radius 3 is 2.58 bits per heavy atom. The number of carbonyl (C=O) groups excluding carboxylic acids is 1. The summed E-state index contributed by atoms with van der Waals surface area (Å²) in [5.74, 6) is 1.22. The molecule has 4 N–H and O–H groups in total. The number of H-pyrrole nitrogens is 1. The van der Waals surface area contributed by atoms with Gasteiger partial charge in [-0.25, -0.2) is 9.78 Å². The molecular weight excluding hydrogens is 308 g/mol. The average molecular weight is 330 g/mol. The van der Waals surface area contributed by atoms with E-state index >= 15 is 0 Å². The molecule has 3 heterocycles. The number of anilines is 2. The predicted octanol–water partition coefficient (Wildman–Crippen LogP) is 1.03. The lowest BCUT2D eigenvalue weighted by molar-refractivity contribution is 0.211. The van der Waals surface area contributed by atoms with Crippen LogP contribution in [0.25, 0.3) is 11.0 Å². The minimum absolute atomic E-state index is 0.416. The molecule has 0 saturated carbocycles. The van der Waals surface area contributed by atoms with E-state index < -0.39 is 6.09 Å². The number of imidazole rings is 1. The standard InChI is InChI=1S/C16H22N6O2/c17-15(23)24-13-10-11(21-5-1-2-6-21)9-12-14(13)20-16(19-12)22-7-3-18-4-8-22/h9-10,18H,1-8H2,(H2,17,23)(H,19,20). The van der Waals surface area contributed by atoms with Gasteiger partial charge in [-0.3, -0.25) is 0 Å². The Kier molecular flexibility index (Phi) is 3.89. The molecule has 2 aliphatic rings. The van der Waals surface area contributed by atoms with Crippen LogP contribution in [-0.4, -0.2) is 55.3 Å². The van der Waals surface area contributed by atoms with Crippen molar-refractivity contribution >= 4 is 28.8 Å². The summed E-state index contributed by atoms with van der Waals surface area (Å²) in [6.45, 7) is 5.68. The Labute approximate surface area is 139 Å². The largest absolute Gasteiger partial charge is 0.410 e. The number of fused-ring (bicyclic) bond motifs is 1. The zero-order valence-electron chi connectivity index (χ0n) is 13.5. The van der Waals surface area contributed by atoms with Gasteiger partial charge in [-0.1, -0.05) is 0 Å². The molecule has 0 atom stereocenters. The highest BCUT2D eigenvalue weighted by atomic mass is 16.5. The Balaban J connectivity index is 1.75. The minimum atomic E-state index is -0.818. The van der Waals surface area contributed by atoms with Gasteiger partial charge in [0.1, 0.15) is 5.52 Å². The highest BCUT2D eigenvalue weighted by Crippen LogP contribution is 2.33. The summed E-state index contributed by atoms with van der Waals surface area (Å²) >= 11 is 0. The third kappa shape index (κ3) is 2.84.